The van der Waals surface area contributed by atoms with Crippen LogP contribution < -0.4 is 0 Å². The van der Waals surface area contributed by atoms with Crippen molar-refractivity contribution in [2.24, 2.45) is 10.8 Å². The maximum absolute atomic E-state index is 12.4. The first-order chi connectivity index (χ1) is 8.74. The van der Waals surface area contributed by atoms with Gasteiger partial charge in [-0.15, -0.1) is 0 Å². The van der Waals surface area contributed by atoms with Crippen LogP contribution in [0.1, 0.15) is 68.7 Å². The van der Waals surface area contributed by atoms with E-state index in [1.807, 2.05) is 48.5 Å². The highest BCUT2D eigenvalue weighted by Crippen LogP contribution is 2.42. The first-order valence-corrected chi connectivity index (χ1v) is 7.31. The highest BCUT2D eigenvalue weighted by molar-refractivity contribution is 5.77. The van der Waals surface area contributed by atoms with Crippen molar-refractivity contribution in [3.63, 3.8) is 0 Å². The highest BCUT2D eigenvalue weighted by Gasteiger charge is 2.44. The minimum absolute atomic E-state index is 0.181. The first kappa shape index (κ1) is 19.4. The average molecular weight is 288 g/mol. The monoisotopic (exact) mass is 288 g/mol. The predicted octanol–water partition coefficient (Wildman–Crippen LogP) is 3.51. The molecule has 0 spiro atoms. The fourth-order valence-electron chi connectivity index (χ4n) is 1.55. The normalized spacial score (nSPS) is 16.7. The number of ether oxygens (including phenoxy) is 2. The van der Waals surface area contributed by atoms with Crippen LogP contribution in [0.2, 0.25) is 0 Å². The standard InChI is InChI=1S/C16H32O4/c1-10-15(6,7)16(8,9)13(18)19-11(2)12(17)20-14(3,4)5/h11-12,17H,10H2,1-9H3. The van der Waals surface area contributed by atoms with Gasteiger partial charge < -0.3 is 14.6 Å². The van der Waals surface area contributed by atoms with E-state index in [0.717, 1.165) is 6.42 Å². The lowest BCUT2D eigenvalue weighted by Gasteiger charge is -2.39. The lowest BCUT2D eigenvalue weighted by molar-refractivity contribution is -0.224. The summed E-state index contributed by atoms with van der Waals surface area (Å²) in [5, 5.41) is 9.93. The molecule has 0 amide bonds. The van der Waals surface area contributed by atoms with E-state index in [1.165, 1.54) is 0 Å². The number of esters is 1. The Morgan fingerprint density at radius 3 is 1.90 bits per heavy atom. The van der Waals surface area contributed by atoms with Gasteiger partial charge in [-0.3, -0.25) is 4.79 Å². The summed E-state index contributed by atoms with van der Waals surface area (Å²) in [7, 11) is 0. The Morgan fingerprint density at radius 1 is 1.10 bits per heavy atom. The van der Waals surface area contributed by atoms with Crippen molar-refractivity contribution >= 4 is 5.97 Å². The van der Waals surface area contributed by atoms with Gasteiger partial charge >= 0.3 is 5.97 Å². The number of hydrogen-bond acceptors (Lipinski definition) is 4. The number of aliphatic hydroxyl groups is 1. The summed E-state index contributed by atoms with van der Waals surface area (Å²) >= 11 is 0. The minimum atomic E-state index is -1.13. The lowest BCUT2D eigenvalue weighted by atomic mass is 9.66. The summed E-state index contributed by atoms with van der Waals surface area (Å²) < 4.78 is 10.8. The van der Waals surface area contributed by atoms with Crippen molar-refractivity contribution in [1.29, 1.82) is 0 Å². The summed E-state index contributed by atoms with van der Waals surface area (Å²) in [4.78, 5) is 12.4. The van der Waals surface area contributed by atoms with Crippen LogP contribution in [-0.2, 0) is 14.3 Å². The molecule has 0 aliphatic carbocycles. The Kier molecular flexibility index (Phi) is 6.24. The molecule has 20 heavy (non-hydrogen) atoms. The molecule has 4 heteroatoms. The molecule has 2 unspecified atom stereocenters. The van der Waals surface area contributed by atoms with Crippen LogP contribution in [0.25, 0.3) is 0 Å². The topological polar surface area (TPSA) is 55.8 Å². The molecule has 0 radical (unpaired) electrons. The number of carbonyl (C=O) groups is 1. The third-order valence-electron chi connectivity index (χ3n) is 4.25. The summed E-state index contributed by atoms with van der Waals surface area (Å²) in [5.74, 6) is -0.312. The van der Waals surface area contributed by atoms with Gasteiger partial charge in [0.2, 0.25) is 0 Å². The molecule has 0 saturated carbocycles. The molecule has 1 N–H and O–H groups in total. The van der Waals surface area contributed by atoms with E-state index in [4.69, 9.17) is 9.47 Å². The van der Waals surface area contributed by atoms with E-state index in [9.17, 15) is 9.90 Å². The van der Waals surface area contributed by atoms with Gasteiger partial charge in [0.25, 0.3) is 0 Å². The molecular formula is C16H32O4. The van der Waals surface area contributed by atoms with Gasteiger partial charge in [-0.2, -0.15) is 0 Å². The minimum Gasteiger partial charge on any atom is -0.457 e. The van der Waals surface area contributed by atoms with Crippen LogP contribution >= 0.6 is 0 Å². The molecule has 4 nitrogen and oxygen atoms in total. The third kappa shape index (κ3) is 5.06. The summed E-state index contributed by atoms with van der Waals surface area (Å²) in [6.45, 7) is 17.1. The van der Waals surface area contributed by atoms with Crippen molar-refractivity contribution in [3.8, 4) is 0 Å². The molecule has 0 aromatic carbocycles. The Bertz CT molecular complexity index is 326. The number of aliphatic hydroxyl groups excluding tert-OH is 1. The molecule has 0 aliphatic heterocycles. The van der Waals surface area contributed by atoms with Crippen molar-refractivity contribution in [2.75, 3.05) is 0 Å². The predicted molar refractivity (Wildman–Crippen MR) is 80.3 cm³/mol. The van der Waals surface area contributed by atoms with Crippen LogP contribution in [-0.4, -0.2) is 29.1 Å². The van der Waals surface area contributed by atoms with Gasteiger partial charge in [0.1, 0.15) is 6.10 Å². The van der Waals surface area contributed by atoms with E-state index in [0.29, 0.717) is 0 Å². The maximum atomic E-state index is 12.4. The van der Waals surface area contributed by atoms with E-state index in [-0.39, 0.29) is 11.4 Å². The van der Waals surface area contributed by atoms with Crippen molar-refractivity contribution in [1.82, 2.24) is 0 Å². The number of hydrogen-bond donors (Lipinski definition) is 1. The van der Waals surface area contributed by atoms with Gasteiger partial charge in [0, 0.05) is 0 Å². The van der Waals surface area contributed by atoms with Gasteiger partial charge in [0.15, 0.2) is 6.29 Å². The molecule has 0 fully saturated rings. The number of carbonyl (C=O) groups excluding carboxylic acids is 1. The van der Waals surface area contributed by atoms with Gasteiger partial charge in [-0.1, -0.05) is 20.8 Å². The fraction of sp³-hybridized carbons (Fsp3) is 0.938. The van der Waals surface area contributed by atoms with Crippen LogP contribution in [0.4, 0.5) is 0 Å². The fourth-order valence-corrected chi connectivity index (χ4v) is 1.55. The number of rotatable bonds is 6. The van der Waals surface area contributed by atoms with Crippen LogP contribution in [0.15, 0.2) is 0 Å². The van der Waals surface area contributed by atoms with E-state index >= 15 is 0 Å². The zero-order valence-corrected chi connectivity index (χ0v) is 14.5. The van der Waals surface area contributed by atoms with E-state index in [1.54, 1.807) is 6.92 Å². The second-order valence-corrected chi connectivity index (χ2v) is 7.59. The molecular weight excluding hydrogens is 256 g/mol. The molecule has 0 heterocycles. The van der Waals surface area contributed by atoms with Gasteiger partial charge in [-0.25, -0.2) is 0 Å². The van der Waals surface area contributed by atoms with Crippen molar-refractivity contribution in [3.05, 3.63) is 0 Å². The zero-order valence-electron chi connectivity index (χ0n) is 14.5. The van der Waals surface area contributed by atoms with Crippen molar-refractivity contribution < 1.29 is 19.4 Å². The Balaban J connectivity index is 4.76. The molecule has 0 aliphatic rings. The van der Waals surface area contributed by atoms with Gasteiger partial charge in [-0.05, 0) is 53.4 Å². The molecule has 0 aromatic heterocycles. The molecule has 2 atom stereocenters. The smallest absolute Gasteiger partial charge is 0.312 e. The largest absolute Gasteiger partial charge is 0.457 e. The van der Waals surface area contributed by atoms with E-state index < -0.39 is 23.4 Å². The maximum Gasteiger partial charge on any atom is 0.312 e. The quantitative estimate of drug-likeness (QED) is 0.600. The molecule has 120 valence electrons. The molecule has 0 bridgehead atoms. The molecule has 0 aromatic rings. The highest BCUT2D eigenvalue weighted by atomic mass is 16.7. The van der Waals surface area contributed by atoms with Crippen LogP contribution in [0.5, 0.6) is 0 Å². The zero-order chi connectivity index (χ0) is 16.4. The second kappa shape index (κ2) is 6.44. The third-order valence-corrected chi connectivity index (χ3v) is 4.25. The molecule has 0 saturated heterocycles. The first-order valence-electron chi connectivity index (χ1n) is 7.31. The Morgan fingerprint density at radius 2 is 1.55 bits per heavy atom. The van der Waals surface area contributed by atoms with Crippen molar-refractivity contribution in [2.45, 2.75) is 86.7 Å². The van der Waals surface area contributed by atoms with Crippen LogP contribution in [0.3, 0.4) is 0 Å². The average Bonchev–Trinajstić information content (AvgIpc) is 2.26. The Hall–Kier alpha value is -0.610. The van der Waals surface area contributed by atoms with E-state index in [2.05, 4.69) is 6.92 Å². The Labute approximate surface area is 123 Å². The SMILES string of the molecule is CCC(C)(C)C(C)(C)C(=O)OC(C)C(O)OC(C)(C)C. The second-order valence-electron chi connectivity index (χ2n) is 7.59. The summed E-state index contributed by atoms with van der Waals surface area (Å²) in [6.07, 6.45) is -0.960. The van der Waals surface area contributed by atoms with Crippen LogP contribution in [0, 0.1) is 10.8 Å². The van der Waals surface area contributed by atoms with Gasteiger partial charge in [0.05, 0.1) is 11.0 Å². The lowest BCUT2D eigenvalue weighted by Crippen LogP contribution is -2.44. The summed E-state index contributed by atoms with van der Waals surface area (Å²) in [6, 6.07) is 0. The molecule has 0 rings (SSSR count). The summed E-state index contributed by atoms with van der Waals surface area (Å²) in [5.41, 5.74) is -1.30.